The first-order valence-electron chi connectivity index (χ1n) is 7.96. The lowest BCUT2D eigenvalue weighted by Crippen LogP contribution is -2.11. The van der Waals surface area contributed by atoms with Crippen LogP contribution in [0.3, 0.4) is 0 Å². The maximum absolute atomic E-state index is 12.4. The molecule has 3 rings (SSSR count). The molecule has 3 aromatic rings. The molecule has 0 unspecified atom stereocenters. The van der Waals surface area contributed by atoms with E-state index in [1.807, 2.05) is 85.8 Å². The topological polar surface area (TPSA) is 38.3 Å². The first-order chi connectivity index (χ1) is 11.8. The summed E-state index contributed by atoms with van der Waals surface area (Å²) in [6, 6.07) is 25.1. The van der Waals surface area contributed by atoms with Crippen LogP contribution in [-0.2, 0) is 0 Å². The lowest BCUT2D eigenvalue weighted by Gasteiger charge is -2.08. The Morgan fingerprint density at radius 3 is 2.29 bits per heavy atom. The Kier molecular flexibility index (Phi) is 4.92. The van der Waals surface area contributed by atoms with Crippen molar-refractivity contribution in [1.82, 2.24) is 0 Å². The normalized spacial score (nSPS) is 10.2. The van der Waals surface area contributed by atoms with Crippen LogP contribution in [0.2, 0.25) is 0 Å². The SMILES string of the molecule is CCOc1cccc(NC(=O)c2ccc(-c3ccccc3)cc2)c1. The van der Waals surface area contributed by atoms with Gasteiger partial charge < -0.3 is 10.1 Å². The first-order valence-corrected chi connectivity index (χ1v) is 7.96. The molecule has 3 heteroatoms. The van der Waals surface area contributed by atoms with E-state index in [0.29, 0.717) is 12.2 Å². The van der Waals surface area contributed by atoms with Gasteiger partial charge in [0.1, 0.15) is 5.75 Å². The number of rotatable bonds is 5. The first kappa shape index (κ1) is 15.8. The van der Waals surface area contributed by atoms with Gasteiger partial charge in [0.05, 0.1) is 6.61 Å². The molecule has 0 spiro atoms. The summed E-state index contributed by atoms with van der Waals surface area (Å²) in [6.45, 7) is 2.53. The Balaban J connectivity index is 1.72. The standard InChI is InChI=1S/C21H19NO2/c1-2-24-20-10-6-9-19(15-20)22-21(23)18-13-11-17(12-14-18)16-7-4-3-5-8-16/h3-15H,2H2,1H3,(H,22,23). The summed E-state index contributed by atoms with van der Waals surface area (Å²) in [4.78, 5) is 12.4. The number of nitrogens with one attached hydrogen (secondary N) is 1. The minimum Gasteiger partial charge on any atom is -0.494 e. The summed E-state index contributed by atoms with van der Waals surface area (Å²) in [5, 5.41) is 2.90. The summed E-state index contributed by atoms with van der Waals surface area (Å²) >= 11 is 0. The van der Waals surface area contributed by atoms with Gasteiger partial charge in [-0.1, -0.05) is 48.5 Å². The second kappa shape index (κ2) is 7.47. The minimum atomic E-state index is -0.136. The summed E-state index contributed by atoms with van der Waals surface area (Å²) in [6.07, 6.45) is 0. The van der Waals surface area contributed by atoms with Crippen LogP contribution >= 0.6 is 0 Å². The van der Waals surface area contributed by atoms with Crippen LogP contribution in [0.5, 0.6) is 5.75 Å². The Bertz CT molecular complexity index is 811. The third-order valence-electron chi connectivity index (χ3n) is 3.66. The quantitative estimate of drug-likeness (QED) is 0.719. The fourth-order valence-electron chi connectivity index (χ4n) is 2.48. The van der Waals surface area contributed by atoms with Crippen LogP contribution in [0.1, 0.15) is 17.3 Å². The van der Waals surface area contributed by atoms with Crippen molar-refractivity contribution in [3.63, 3.8) is 0 Å². The van der Waals surface area contributed by atoms with Gasteiger partial charge in [-0.15, -0.1) is 0 Å². The van der Waals surface area contributed by atoms with Gasteiger partial charge >= 0.3 is 0 Å². The Hall–Kier alpha value is -3.07. The fraction of sp³-hybridized carbons (Fsp3) is 0.0952. The van der Waals surface area contributed by atoms with E-state index in [-0.39, 0.29) is 5.91 Å². The van der Waals surface area contributed by atoms with Gasteiger partial charge in [0.25, 0.3) is 5.91 Å². The van der Waals surface area contributed by atoms with Crippen LogP contribution in [0.4, 0.5) is 5.69 Å². The molecule has 1 amide bonds. The number of amides is 1. The van der Waals surface area contributed by atoms with Crippen molar-refractivity contribution in [2.45, 2.75) is 6.92 Å². The highest BCUT2D eigenvalue weighted by atomic mass is 16.5. The van der Waals surface area contributed by atoms with Gasteiger partial charge in [0, 0.05) is 17.3 Å². The maximum Gasteiger partial charge on any atom is 0.255 e. The number of carbonyl (C=O) groups excluding carboxylic acids is 1. The van der Waals surface area contributed by atoms with Gasteiger partial charge in [-0.3, -0.25) is 4.79 Å². The Morgan fingerprint density at radius 1 is 0.875 bits per heavy atom. The molecule has 0 bridgehead atoms. The monoisotopic (exact) mass is 317 g/mol. The Morgan fingerprint density at radius 2 is 1.58 bits per heavy atom. The molecule has 0 heterocycles. The average molecular weight is 317 g/mol. The molecule has 0 fully saturated rings. The molecular weight excluding hydrogens is 298 g/mol. The highest BCUT2D eigenvalue weighted by molar-refractivity contribution is 6.04. The second-order valence-electron chi connectivity index (χ2n) is 5.36. The lowest BCUT2D eigenvalue weighted by atomic mass is 10.0. The van der Waals surface area contributed by atoms with Gasteiger partial charge in [-0.25, -0.2) is 0 Å². The smallest absolute Gasteiger partial charge is 0.255 e. The molecule has 120 valence electrons. The van der Waals surface area contributed by atoms with Gasteiger partial charge in [0.15, 0.2) is 0 Å². The fourth-order valence-corrected chi connectivity index (χ4v) is 2.48. The number of anilines is 1. The molecule has 0 aliphatic heterocycles. The van der Waals surface area contributed by atoms with Gasteiger partial charge in [-0.05, 0) is 42.3 Å². The number of carbonyl (C=O) groups is 1. The summed E-state index contributed by atoms with van der Waals surface area (Å²) in [5.74, 6) is 0.609. The zero-order chi connectivity index (χ0) is 16.8. The van der Waals surface area contributed by atoms with Crippen molar-refractivity contribution in [2.24, 2.45) is 0 Å². The largest absolute Gasteiger partial charge is 0.494 e. The highest BCUT2D eigenvalue weighted by Gasteiger charge is 2.07. The highest BCUT2D eigenvalue weighted by Crippen LogP contribution is 2.21. The molecule has 0 radical (unpaired) electrons. The second-order valence-corrected chi connectivity index (χ2v) is 5.36. The third-order valence-corrected chi connectivity index (χ3v) is 3.66. The van der Waals surface area contributed by atoms with Crippen molar-refractivity contribution in [3.8, 4) is 16.9 Å². The maximum atomic E-state index is 12.4. The molecule has 0 aliphatic carbocycles. The van der Waals surface area contributed by atoms with Crippen LogP contribution in [-0.4, -0.2) is 12.5 Å². The zero-order valence-corrected chi connectivity index (χ0v) is 13.5. The van der Waals surface area contributed by atoms with E-state index in [1.165, 1.54) is 0 Å². The average Bonchev–Trinajstić information content (AvgIpc) is 2.63. The van der Waals surface area contributed by atoms with E-state index >= 15 is 0 Å². The predicted octanol–water partition coefficient (Wildman–Crippen LogP) is 5.00. The summed E-state index contributed by atoms with van der Waals surface area (Å²) in [5.41, 5.74) is 3.56. The minimum absolute atomic E-state index is 0.136. The number of ether oxygens (including phenoxy) is 1. The van der Waals surface area contributed by atoms with Crippen molar-refractivity contribution in [1.29, 1.82) is 0 Å². The van der Waals surface area contributed by atoms with E-state index < -0.39 is 0 Å². The van der Waals surface area contributed by atoms with Crippen molar-refractivity contribution in [2.75, 3.05) is 11.9 Å². The molecule has 0 atom stereocenters. The zero-order valence-electron chi connectivity index (χ0n) is 13.5. The summed E-state index contributed by atoms with van der Waals surface area (Å²) < 4.78 is 5.45. The molecule has 3 nitrogen and oxygen atoms in total. The van der Waals surface area contributed by atoms with Gasteiger partial charge in [-0.2, -0.15) is 0 Å². The molecule has 0 aromatic heterocycles. The van der Waals surface area contributed by atoms with E-state index in [1.54, 1.807) is 0 Å². The van der Waals surface area contributed by atoms with Crippen LogP contribution < -0.4 is 10.1 Å². The molecular formula is C21H19NO2. The van der Waals surface area contributed by atoms with Crippen LogP contribution in [0, 0.1) is 0 Å². The van der Waals surface area contributed by atoms with E-state index in [4.69, 9.17) is 4.74 Å². The number of hydrogen-bond acceptors (Lipinski definition) is 2. The summed E-state index contributed by atoms with van der Waals surface area (Å²) in [7, 11) is 0. The molecule has 3 aromatic carbocycles. The molecule has 1 N–H and O–H groups in total. The van der Waals surface area contributed by atoms with Crippen LogP contribution in [0.15, 0.2) is 78.9 Å². The molecule has 0 saturated carbocycles. The lowest BCUT2D eigenvalue weighted by molar-refractivity contribution is 0.102. The van der Waals surface area contributed by atoms with Crippen molar-refractivity contribution < 1.29 is 9.53 Å². The van der Waals surface area contributed by atoms with E-state index in [0.717, 1.165) is 22.6 Å². The van der Waals surface area contributed by atoms with E-state index in [9.17, 15) is 4.79 Å². The van der Waals surface area contributed by atoms with Crippen molar-refractivity contribution in [3.05, 3.63) is 84.4 Å². The van der Waals surface area contributed by atoms with E-state index in [2.05, 4.69) is 5.32 Å². The molecule has 24 heavy (non-hydrogen) atoms. The molecule has 0 saturated heterocycles. The van der Waals surface area contributed by atoms with Crippen molar-refractivity contribution >= 4 is 11.6 Å². The predicted molar refractivity (Wildman–Crippen MR) is 97.4 cm³/mol. The Labute approximate surface area is 141 Å². The van der Waals surface area contributed by atoms with Crippen LogP contribution in [0.25, 0.3) is 11.1 Å². The van der Waals surface area contributed by atoms with Gasteiger partial charge in [0.2, 0.25) is 0 Å². The number of hydrogen-bond donors (Lipinski definition) is 1. The third kappa shape index (κ3) is 3.82. The number of benzene rings is 3. The molecule has 0 aliphatic rings.